The summed E-state index contributed by atoms with van der Waals surface area (Å²) in [5.74, 6) is 0.423. The van der Waals surface area contributed by atoms with E-state index in [-0.39, 0.29) is 17.9 Å². The zero-order valence-corrected chi connectivity index (χ0v) is 11.7. The molecule has 1 N–H and O–H groups in total. The molecule has 106 valence electrons. The summed E-state index contributed by atoms with van der Waals surface area (Å²) in [5.41, 5.74) is 1.19. The zero-order chi connectivity index (χ0) is 14.4. The highest BCUT2D eigenvalue weighted by Crippen LogP contribution is 2.13. The van der Waals surface area contributed by atoms with Gasteiger partial charge in [0.1, 0.15) is 18.2 Å². The van der Waals surface area contributed by atoms with Crippen molar-refractivity contribution in [2.45, 2.75) is 25.9 Å². The Morgan fingerprint density at radius 3 is 2.40 bits per heavy atom. The van der Waals surface area contributed by atoms with Crippen molar-refractivity contribution < 1.29 is 9.13 Å². The molecule has 0 aliphatic rings. The van der Waals surface area contributed by atoms with Gasteiger partial charge in [-0.1, -0.05) is 0 Å². The molecule has 0 fully saturated rings. The molecule has 1 aromatic carbocycles. The van der Waals surface area contributed by atoms with E-state index in [1.165, 1.54) is 17.7 Å². The third kappa shape index (κ3) is 4.31. The van der Waals surface area contributed by atoms with Crippen LogP contribution in [0.5, 0.6) is 5.75 Å². The zero-order valence-electron chi connectivity index (χ0n) is 11.7. The molecule has 4 heteroatoms. The number of nitrogens with one attached hydrogen (secondary N) is 1. The van der Waals surface area contributed by atoms with Gasteiger partial charge in [-0.3, -0.25) is 4.98 Å². The molecule has 20 heavy (non-hydrogen) atoms. The quantitative estimate of drug-likeness (QED) is 0.877. The minimum absolute atomic E-state index is 0.184. The van der Waals surface area contributed by atoms with Gasteiger partial charge in [-0.2, -0.15) is 0 Å². The van der Waals surface area contributed by atoms with E-state index in [1.54, 1.807) is 24.5 Å². The van der Waals surface area contributed by atoms with Crippen LogP contribution in [0.15, 0.2) is 48.8 Å². The Labute approximate surface area is 118 Å². The summed E-state index contributed by atoms with van der Waals surface area (Å²) >= 11 is 0. The van der Waals surface area contributed by atoms with Crippen LogP contribution in [-0.2, 0) is 0 Å². The average molecular weight is 274 g/mol. The van der Waals surface area contributed by atoms with Gasteiger partial charge in [-0.15, -0.1) is 0 Å². The van der Waals surface area contributed by atoms with Crippen molar-refractivity contribution in [1.82, 2.24) is 10.3 Å². The van der Waals surface area contributed by atoms with Gasteiger partial charge in [-0.05, 0) is 55.8 Å². The van der Waals surface area contributed by atoms with E-state index in [0.717, 1.165) is 0 Å². The first-order valence-corrected chi connectivity index (χ1v) is 6.69. The number of halogens is 1. The number of pyridine rings is 1. The molecule has 0 aliphatic carbocycles. The molecule has 0 saturated heterocycles. The third-order valence-corrected chi connectivity index (χ3v) is 3.05. The van der Waals surface area contributed by atoms with E-state index in [2.05, 4.69) is 24.1 Å². The summed E-state index contributed by atoms with van der Waals surface area (Å²) in [5, 5.41) is 3.45. The van der Waals surface area contributed by atoms with E-state index >= 15 is 0 Å². The normalized spacial score (nSPS) is 13.8. The van der Waals surface area contributed by atoms with E-state index in [4.69, 9.17) is 4.74 Å². The van der Waals surface area contributed by atoms with Crippen LogP contribution in [0.2, 0.25) is 0 Å². The summed E-state index contributed by atoms with van der Waals surface area (Å²) in [4.78, 5) is 4.01. The monoisotopic (exact) mass is 274 g/mol. The third-order valence-electron chi connectivity index (χ3n) is 3.05. The molecule has 2 rings (SSSR count). The Kier molecular flexibility index (Phi) is 5.07. The van der Waals surface area contributed by atoms with Crippen LogP contribution in [0.3, 0.4) is 0 Å². The Hall–Kier alpha value is -1.94. The van der Waals surface area contributed by atoms with Crippen molar-refractivity contribution in [1.29, 1.82) is 0 Å². The number of ether oxygens (including phenoxy) is 1. The highest BCUT2D eigenvalue weighted by atomic mass is 19.1. The molecule has 0 saturated carbocycles. The maximum Gasteiger partial charge on any atom is 0.123 e. The minimum Gasteiger partial charge on any atom is -0.492 e. The van der Waals surface area contributed by atoms with Crippen LogP contribution in [0, 0.1) is 5.82 Å². The summed E-state index contributed by atoms with van der Waals surface area (Å²) in [6, 6.07) is 10.5. The second-order valence-electron chi connectivity index (χ2n) is 4.83. The summed E-state index contributed by atoms with van der Waals surface area (Å²) < 4.78 is 18.4. The molecule has 0 spiro atoms. The van der Waals surface area contributed by atoms with Gasteiger partial charge >= 0.3 is 0 Å². The molecule has 3 nitrogen and oxygen atoms in total. The lowest BCUT2D eigenvalue weighted by atomic mass is 10.1. The van der Waals surface area contributed by atoms with Crippen LogP contribution < -0.4 is 10.1 Å². The highest BCUT2D eigenvalue weighted by Gasteiger charge is 2.09. The molecule has 0 amide bonds. The van der Waals surface area contributed by atoms with Crippen molar-refractivity contribution in [3.05, 3.63) is 60.2 Å². The van der Waals surface area contributed by atoms with Crippen LogP contribution in [0.1, 0.15) is 25.5 Å². The van der Waals surface area contributed by atoms with E-state index in [9.17, 15) is 4.39 Å². The SMILES string of the molecule is C[C@H](N[C@@H](C)COc1ccc(F)cc1)c1ccncc1. The average Bonchev–Trinajstić information content (AvgIpc) is 2.47. The lowest BCUT2D eigenvalue weighted by Gasteiger charge is -2.20. The van der Waals surface area contributed by atoms with Crippen molar-refractivity contribution in [3.8, 4) is 5.75 Å². The van der Waals surface area contributed by atoms with Crippen molar-refractivity contribution in [2.24, 2.45) is 0 Å². The highest BCUT2D eigenvalue weighted by molar-refractivity contribution is 5.22. The van der Waals surface area contributed by atoms with Crippen molar-refractivity contribution in [2.75, 3.05) is 6.61 Å². The fourth-order valence-corrected chi connectivity index (χ4v) is 1.98. The van der Waals surface area contributed by atoms with Crippen molar-refractivity contribution in [3.63, 3.8) is 0 Å². The number of nitrogens with zero attached hydrogens (tertiary/aromatic N) is 1. The fourth-order valence-electron chi connectivity index (χ4n) is 1.98. The van der Waals surface area contributed by atoms with Crippen LogP contribution in [-0.4, -0.2) is 17.6 Å². The van der Waals surface area contributed by atoms with E-state index in [0.29, 0.717) is 12.4 Å². The van der Waals surface area contributed by atoms with Gasteiger partial charge < -0.3 is 10.1 Å². The van der Waals surface area contributed by atoms with Crippen molar-refractivity contribution >= 4 is 0 Å². The van der Waals surface area contributed by atoms with Crippen LogP contribution >= 0.6 is 0 Å². The second-order valence-corrected chi connectivity index (χ2v) is 4.83. The summed E-state index contributed by atoms with van der Waals surface area (Å²) in [6.45, 7) is 4.69. The number of aromatic nitrogens is 1. The Morgan fingerprint density at radius 1 is 1.10 bits per heavy atom. The lowest BCUT2D eigenvalue weighted by Crippen LogP contribution is -2.33. The van der Waals surface area contributed by atoms with Gasteiger partial charge in [0.2, 0.25) is 0 Å². The first-order valence-electron chi connectivity index (χ1n) is 6.69. The van der Waals surface area contributed by atoms with E-state index < -0.39 is 0 Å². The van der Waals surface area contributed by atoms with Gasteiger partial charge in [-0.25, -0.2) is 4.39 Å². The summed E-state index contributed by atoms with van der Waals surface area (Å²) in [6.07, 6.45) is 3.57. The minimum atomic E-state index is -0.255. The standard InChI is InChI=1S/C16H19FN2O/c1-12(11-20-16-5-3-15(17)4-6-16)19-13(2)14-7-9-18-10-8-14/h3-10,12-13,19H,11H2,1-2H3/t12-,13-/m0/s1. The van der Waals surface area contributed by atoms with Gasteiger partial charge in [0.05, 0.1) is 0 Å². The first-order chi connectivity index (χ1) is 9.65. The maximum atomic E-state index is 12.8. The lowest BCUT2D eigenvalue weighted by molar-refractivity contribution is 0.263. The molecule has 0 bridgehead atoms. The second kappa shape index (κ2) is 7.01. The number of hydrogen-bond donors (Lipinski definition) is 1. The number of benzene rings is 1. The van der Waals surface area contributed by atoms with Gasteiger partial charge in [0.25, 0.3) is 0 Å². The predicted octanol–water partition coefficient (Wildman–Crippen LogP) is 3.34. The number of rotatable bonds is 6. The van der Waals surface area contributed by atoms with Crippen LogP contribution in [0.25, 0.3) is 0 Å². The molecule has 2 atom stereocenters. The van der Waals surface area contributed by atoms with Gasteiger partial charge in [0, 0.05) is 24.5 Å². The first kappa shape index (κ1) is 14.5. The molecular weight excluding hydrogens is 255 g/mol. The summed E-state index contributed by atoms with van der Waals surface area (Å²) in [7, 11) is 0. The Balaban J connectivity index is 1.80. The number of hydrogen-bond acceptors (Lipinski definition) is 3. The fraction of sp³-hybridized carbons (Fsp3) is 0.312. The Bertz CT molecular complexity index is 516. The predicted molar refractivity (Wildman–Crippen MR) is 77.1 cm³/mol. The molecule has 0 radical (unpaired) electrons. The van der Waals surface area contributed by atoms with Crippen LogP contribution in [0.4, 0.5) is 4.39 Å². The molecule has 0 aliphatic heterocycles. The molecule has 1 heterocycles. The largest absolute Gasteiger partial charge is 0.492 e. The molecular formula is C16H19FN2O. The molecule has 2 aromatic rings. The molecule has 0 unspecified atom stereocenters. The Morgan fingerprint density at radius 2 is 1.75 bits per heavy atom. The van der Waals surface area contributed by atoms with Gasteiger partial charge in [0.15, 0.2) is 0 Å². The molecule has 1 aromatic heterocycles. The maximum absolute atomic E-state index is 12.8. The topological polar surface area (TPSA) is 34.1 Å². The smallest absolute Gasteiger partial charge is 0.123 e. The van der Waals surface area contributed by atoms with E-state index in [1.807, 2.05) is 12.1 Å².